The number of fused-ring (bicyclic) bond motifs is 1. The second-order valence-corrected chi connectivity index (χ2v) is 4.10. The van der Waals surface area contributed by atoms with E-state index in [1.807, 2.05) is 0 Å². The number of ether oxygens (including phenoxy) is 1. The number of benzene rings is 1. The first-order valence-corrected chi connectivity index (χ1v) is 5.76. The summed E-state index contributed by atoms with van der Waals surface area (Å²) in [6, 6.07) is 3.25. The highest BCUT2D eigenvalue weighted by molar-refractivity contribution is 6.04. The standard InChI is InChI=1S/C13H15NO3/c1-2-17-13(16)9-6-8-4-3-5-11(15)12(8)10(14)7-9/h6-7H,2-5,14H2,1H3. The Morgan fingerprint density at radius 3 is 2.88 bits per heavy atom. The van der Waals surface area contributed by atoms with Gasteiger partial charge in [0.05, 0.1) is 12.2 Å². The molecule has 0 radical (unpaired) electrons. The molecule has 1 aliphatic rings. The number of Topliss-reactive ketones (excluding diaryl/α,β-unsaturated/α-hetero) is 1. The van der Waals surface area contributed by atoms with Crippen molar-refractivity contribution in [3.05, 3.63) is 28.8 Å². The van der Waals surface area contributed by atoms with Crippen LogP contribution in [-0.2, 0) is 11.2 Å². The first-order chi connectivity index (χ1) is 8.13. The Morgan fingerprint density at radius 1 is 1.41 bits per heavy atom. The number of nitrogens with two attached hydrogens (primary N) is 1. The number of hydrogen-bond donors (Lipinski definition) is 1. The lowest BCUT2D eigenvalue weighted by atomic mass is 9.88. The van der Waals surface area contributed by atoms with Gasteiger partial charge >= 0.3 is 5.97 Å². The van der Waals surface area contributed by atoms with Crippen LogP contribution in [0, 0.1) is 0 Å². The molecule has 17 heavy (non-hydrogen) atoms. The van der Waals surface area contributed by atoms with Gasteiger partial charge in [0.15, 0.2) is 5.78 Å². The molecule has 1 aliphatic carbocycles. The second kappa shape index (κ2) is 4.57. The maximum Gasteiger partial charge on any atom is 0.338 e. The van der Waals surface area contributed by atoms with Crippen LogP contribution in [0.3, 0.4) is 0 Å². The molecule has 4 nitrogen and oxygen atoms in total. The molecule has 90 valence electrons. The zero-order valence-electron chi connectivity index (χ0n) is 9.79. The van der Waals surface area contributed by atoms with Crippen LogP contribution in [0.5, 0.6) is 0 Å². The van der Waals surface area contributed by atoms with Crippen molar-refractivity contribution < 1.29 is 14.3 Å². The minimum Gasteiger partial charge on any atom is -0.462 e. The van der Waals surface area contributed by atoms with E-state index in [0.29, 0.717) is 29.8 Å². The smallest absolute Gasteiger partial charge is 0.338 e. The number of hydrogen-bond acceptors (Lipinski definition) is 4. The molecular formula is C13H15NO3. The minimum absolute atomic E-state index is 0.0687. The van der Waals surface area contributed by atoms with E-state index in [2.05, 4.69) is 0 Å². The van der Waals surface area contributed by atoms with Crippen LogP contribution in [0.25, 0.3) is 0 Å². The number of carbonyl (C=O) groups is 2. The Kier molecular flexibility index (Phi) is 3.13. The molecule has 1 aromatic rings. The Labute approximate surface area is 99.8 Å². The zero-order valence-corrected chi connectivity index (χ0v) is 9.79. The summed E-state index contributed by atoms with van der Waals surface area (Å²) in [5.41, 5.74) is 8.10. The van der Waals surface area contributed by atoms with Gasteiger partial charge in [-0.05, 0) is 37.5 Å². The van der Waals surface area contributed by atoms with E-state index in [4.69, 9.17) is 10.5 Å². The Morgan fingerprint density at radius 2 is 2.18 bits per heavy atom. The van der Waals surface area contributed by atoms with Gasteiger partial charge in [0.25, 0.3) is 0 Å². The molecule has 0 saturated carbocycles. The van der Waals surface area contributed by atoms with E-state index in [-0.39, 0.29) is 11.8 Å². The van der Waals surface area contributed by atoms with Crippen LogP contribution in [0.15, 0.2) is 12.1 Å². The highest BCUT2D eigenvalue weighted by Crippen LogP contribution is 2.28. The van der Waals surface area contributed by atoms with E-state index in [1.165, 1.54) is 6.07 Å². The molecule has 0 unspecified atom stereocenters. The summed E-state index contributed by atoms with van der Waals surface area (Å²) in [7, 11) is 0. The predicted molar refractivity (Wildman–Crippen MR) is 64.1 cm³/mol. The van der Waals surface area contributed by atoms with E-state index in [1.54, 1.807) is 13.0 Å². The fourth-order valence-corrected chi connectivity index (χ4v) is 2.16. The van der Waals surface area contributed by atoms with Crippen LogP contribution in [-0.4, -0.2) is 18.4 Å². The third-order valence-electron chi connectivity index (χ3n) is 2.89. The number of carbonyl (C=O) groups excluding carboxylic acids is 2. The van der Waals surface area contributed by atoms with Gasteiger partial charge < -0.3 is 10.5 Å². The summed E-state index contributed by atoms with van der Waals surface area (Å²) in [6.07, 6.45) is 2.14. The SMILES string of the molecule is CCOC(=O)c1cc(N)c2c(c1)CCCC2=O. The number of rotatable bonds is 2. The first-order valence-electron chi connectivity index (χ1n) is 5.76. The third-order valence-corrected chi connectivity index (χ3v) is 2.89. The van der Waals surface area contributed by atoms with Gasteiger partial charge in [-0.3, -0.25) is 4.79 Å². The summed E-state index contributed by atoms with van der Waals surface area (Å²) in [6.45, 7) is 2.08. The summed E-state index contributed by atoms with van der Waals surface area (Å²) in [4.78, 5) is 23.3. The Hall–Kier alpha value is -1.84. The van der Waals surface area contributed by atoms with Crippen LogP contribution in [0.2, 0.25) is 0 Å². The van der Waals surface area contributed by atoms with Gasteiger partial charge in [0, 0.05) is 17.7 Å². The van der Waals surface area contributed by atoms with E-state index in [0.717, 1.165) is 18.4 Å². The predicted octanol–water partition coefficient (Wildman–Crippen LogP) is 1.96. The molecule has 0 spiro atoms. The molecule has 0 heterocycles. The molecular weight excluding hydrogens is 218 g/mol. The lowest BCUT2D eigenvalue weighted by molar-refractivity contribution is 0.0526. The van der Waals surface area contributed by atoms with Crippen molar-refractivity contribution in [2.24, 2.45) is 0 Å². The second-order valence-electron chi connectivity index (χ2n) is 4.10. The molecule has 0 amide bonds. The number of anilines is 1. The van der Waals surface area contributed by atoms with E-state index >= 15 is 0 Å². The lowest BCUT2D eigenvalue weighted by Gasteiger charge is -2.17. The normalized spacial score (nSPS) is 14.3. The number of aryl methyl sites for hydroxylation is 1. The van der Waals surface area contributed by atoms with Crippen molar-refractivity contribution in [1.82, 2.24) is 0 Å². The van der Waals surface area contributed by atoms with Crippen molar-refractivity contribution in [3.63, 3.8) is 0 Å². The topological polar surface area (TPSA) is 69.4 Å². The van der Waals surface area contributed by atoms with Crippen molar-refractivity contribution in [1.29, 1.82) is 0 Å². The monoisotopic (exact) mass is 233 g/mol. The molecule has 0 bridgehead atoms. The lowest BCUT2D eigenvalue weighted by Crippen LogP contribution is -2.16. The average Bonchev–Trinajstić information content (AvgIpc) is 2.29. The van der Waals surface area contributed by atoms with Crippen molar-refractivity contribution in [2.45, 2.75) is 26.2 Å². The van der Waals surface area contributed by atoms with Gasteiger partial charge in [0.2, 0.25) is 0 Å². The number of ketones is 1. The van der Waals surface area contributed by atoms with Crippen LogP contribution >= 0.6 is 0 Å². The fourth-order valence-electron chi connectivity index (χ4n) is 2.16. The average molecular weight is 233 g/mol. The summed E-state index contributed by atoms with van der Waals surface area (Å²) < 4.78 is 4.92. The van der Waals surface area contributed by atoms with E-state index < -0.39 is 0 Å². The molecule has 0 saturated heterocycles. The Balaban J connectivity index is 2.43. The van der Waals surface area contributed by atoms with Crippen LogP contribution < -0.4 is 5.73 Å². The maximum absolute atomic E-state index is 11.7. The van der Waals surface area contributed by atoms with Gasteiger partial charge in [-0.15, -0.1) is 0 Å². The fraction of sp³-hybridized carbons (Fsp3) is 0.385. The molecule has 2 N–H and O–H groups in total. The van der Waals surface area contributed by atoms with Gasteiger partial charge in [0.1, 0.15) is 0 Å². The van der Waals surface area contributed by atoms with Gasteiger partial charge in [-0.2, -0.15) is 0 Å². The highest BCUT2D eigenvalue weighted by Gasteiger charge is 2.22. The first kappa shape index (κ1) is 11.6. The zero-order chi connectivity index (χ0) is 12.4. The summed E-state index contributed by atoms with van der Waals surface area (Å²) >= 11 is 0. The molecule has 0 aliphatic heterocycles. The summed E-state index contributed by atoms with van der Waals surface area (Å²) in [5, 5.41) is 0. The highest BCUT2D eigenvalue weighted by atomic mass is 16.5. The van der Waals surface area contributed by atoms with Crippen molar-refractivity contribution in [2.75, 3.05) is 12.3 Å². The quantitative estimate of drug-likeness (QED) is 0.626. The summed E-state index contributed by atoms with van der Waals surface area (Å²) in [5.74, 6) is -0.320. The minimum atomic E-state index is -0.389. The van der Waals surface area contributed by atoms with Gasteiger partial charge in [-0.25, -0.2) is 4.79 Å². The van der Waals surface area contributed by atoms with Crippen LogP contribution in [0.4, 0.5) is 5.69 Å². The molecule has 4 heteroatoms. The molecule has 1 aromatic carbocycles. The largest absolute Gasteiger partial charge is 0.462 e. The van der Waals surface area contributed by atoms with Crippen LogP contribution in [0.1, 0.15) is 46.0 Å². The molecule has 2 rings (SSSR count). The maximum atomic E-state index is 11.7. The molecule has 0 fully saturated rings. The molecule has 0 atom stereocenters. The van der Waals surface area contributed by atoms with Crippen molar-refractivity contribution in [3.8, 4) is 0 Å². The number of esters is 1. The van der Waals surface area contributed by atoms with E-state index in [9.17, 15) is 9.59 Å². The Bertz CT molecular complexity index is 480. The number of nitrogen functional groups attached to an aromatic ring is 1. The van der Waals surface area contributed by atoms with Crippen molar-refractivity contribution >= 4 is 17.4 Å². The van der Waals surface area contributed by atoms with Gasteiger partial charge in [-0.1, -0.05) is 0 Å². The molecule has 0 aromatic heterocycles. The third kappa shape index (κ3) is 2.16.